The zero-order valence-electron chi connectivity index (χ0n) is 17.1. The number of aryl methyl sites for hydroxylation is 3. The number of aromatic nitrogens is 4. The van der Waals surface area contributed by atoms with Crippen LogP contribution in [0.1, 0.15) is 27.6 Å². The first-order valence-corrected chi connectivity index (χ1v) is 10.1. The average Bonchev–Trinajstić information content (AvgIpc) is 3.01. The fourth-order valence-electron chi connectivity index (χ4n) is 3.65. The molecule has 1 aliphatic heterocycles. The number of hydrogen-bond donors (Lipinski definition) is 0. The first-order valence-electron chi connectivity index (χ1n) is 9.71. The first kappa shape index (κ1) is 20.3. The van der Waals surface area contributed by atoms with Crippen LogP contribution in [0.3, 0.4) is 0 Å². The molecular weight excluding hydrogens is 407 g/mol. The van der Waals surface area contributed by atoms with E-state index in [0.29, 0.717) is 43.1 Å². The van der Waals surface area contributed by atoms with E-state index in [0.717, 1.165) is 17.3 Å². The van der Waals surface area contributed by atoms with Gasteiger partial charge >= 0.3 is 0 Å². The van der Waals surface area contributed by atoms with Gasteiger partial charge in [0.2, 0.25) is 0 Å². The summed E-state index contributed by atoms with van der Waals surface area (Å²) in [5.41, 5.74) is 2.44. The summed E-state index contributed by atoms with van der Waals surface area (Å²) >= 11 is 6.51. The number of nitrogens with zero attached hydrogens (tertiary/aromatic N) is 6. The predicted molar refractivity (Wildman–Crippen MR) is 113 cm³/mol. The molecule has 0 atom stereocenters. The van der Waals surface area contributed by atoms with Gasteiger partial charge in [-0.15, -0.1) is 0 Å². The highest BCUT2D eigenvalue weighted by Crippen LogP contribution is 2.26. The third kappa shape index (κ3) is 3.87. The number of piperazine rings is 1. The lowest BCUT2D eigenvalue weighted by molar-refractivity contribution is 0.0746. The van der Waals surface area contributed by atoms with Gasteiger partial charge in [0.1, 0.15) is 22.6 Å². The molecule has 1 fully saturated rings. The predicted octanol–water partition coefficient (Wildman–Crippen LogP) is 3.34. The second kappa shape index (κ2) is 8.02. The maximum atomic E-state index is 13.2. The SMILES string of the molecule is Cc1cc(N2CCN(C(=O)c3c(C)nn(-c4ccc(F)cc4)c3Cl)CC2)nc(C)n1. The number of hydrogen-bond acceptors (Lipinski definition) is 5. The second-order valence-electron chi connectivity index (χ2n) is 7.33. The molecule has 0 saturated carbocycles. The van der Waals surface area contributed by atoms with E-state index in [1.165, 1.54) is 16.8 Å². The second-order valence-corrected chi connectivity index (χ2v) is 7.69. The van der Waals surface area contributed by atoms with Crippen LogP contribution in [0.2, 0.25) is 5.15 Å². The van der Waals surface area contributed by atoms with Crippen molar-refractivity contribution in [3.63, 3.8) is 0 Å². The van der Waals surface area contributed by atoms with E-state index in [2.05, 4.69) is 20.0 Å². The molecule has 3 heterocycles. The van der Waals surface area contributed by atoms with Crippen LogP contribution in [-0.2, 0) is 0 Å². The standard InChI is InChI=1S/C21H22ClFN6O/c1-13-12-18(25-15(3)24-13)27-8-10-28(11-9-27)21(30)19-14(2)26-29(20(19)22)17-6-4-16(23)5-7-17/h4-7,12H,8-11H2,1-3H3. The normalized spacial score (nSPS) is 14.3. The van der Waals surface area contributed by atoms with Crippen LogP contribution >= 0.6 is 11.6 Å². The molecule has 1 amide bonds. The number of rotatable bonds is 3. The van der Waals surface area contributed by atoms with Gasteiger partial charge < -0.3 is 9.80 Å². The number of anilines is 1. The lowest BCUT2D eigenvalue weighted by Crippen LogP contribution is -2.49. The molecule has 30 heavy (non-hydrogen) atoms. The van der Waals surface area contributed by atoms with Gasteiger partial charge in [-0.2, -0.15) is 5.10 Å². The Bertz CT molecular complexity index is 1070. The Kier molecular flexibility index (Phi) is 5.42. The largest absolute Gasteiger partial charge is 0.353 e. The summed E-state index contributed by atoms with van der Waals surface area (Å²) in [7, 11) is 0. The fourth-order valence-corrected chi connectivity index (χ4v) is 4.00. The molecule has 0 bridgehead atoms. The molecule has 1 aromatic carbocycles. The number of benzene rings is 1. The molecule has 1 aliphatic rings. The number of carbonyl (C=O) groups is 1. The van der Waals surface area contributed by atoms with Crippen LogP contribution in [0, 0.1) is 26.6 Å². The molecule has 0 spiro atoms. The Morgan fingerprint density at radius 1 is 1.03 bits per heavy atom. The first-order chi connectivity index (χ1) is 14.3. The van der Waals surface area contributed by atoms with E-state index < -0.39 is 0 Å². The minimum atomic E-state index is -0.345. The summed E-state index contributed by atoms with van der Waals surface area (Å²) in [6.07, 6.45) is 0. The van der Waals surface area contributed by atoms with Gasteiger partial charge in [-0.1, -0.05) is 11.6 Å². The monoisotopic (exact) mass is 428 g/mol. The third-order valence-electron chi connectivity index (χ3n) is 5.13. The van der Waals surface area contributed by atoms with Crippen LogP contribution in [0.15, 0.2) is 30.3 Å². The van der Waals surface area contributed by atoms with Crippen molar-refractivity contribution in [3.05, 3.63) is 64.1 Å². The Morgan fingerprint density at radius 3 is 2.33 bits per heavy atom. The maximum absolute atomic E-state index is 13.2. The third-order valence-corrected chi connectivity index (χ3v) is 5.48. The summed E-state index contributed by atoms with van der Waals surface area (Å²) < 4.78 is 14.7. The van der Waals surface area contributed by atoms with Crippen molar-refractivity contribution in [2.24, 2.45) is 0 Å². The van der Waals surface area contributed by atoms with Crippen LogP contribution in [0.25, 0.3) is 5.69 Å². The van der Waals surface area contributed by atoms with Crippen molar-refractivity contribution < 1.29 is 9.18 Å². The van der Waals surface area contributed by atoms with Gasteiger partial charge in [0, 0.05) is 37.9 Å². The van der Waals surface area contributed by atoms with Crippen LogP contribution in [0.4, 0.5) is 10.2 Å². The molecule has 0 N–H and O–H groups in total. The molecule has 4 rings (SSSR count). The lowest BCUT2D eigenvalue weighted by atomic mass is 10.2. The van der Waals surface area contributed by atoms with Gasteiger partial charge in [-0.3, -0.25) is 4.79 Å². The van der Waals surface area contributed by atoms with Crippen molar-refractivity contribution in [1.82, 2.24) is 24.6 Å². The Labute approximate surface area is 179 Å². The Hall–Kier alpha value is -3.00. The number of halogens is 2. The van der Waals surface area contributed by atoms with Gasteiger partial charge in [-0.25, -0.2) is 19.0 Å². The maximum Gasteiger partial charge on any atom is 0.259 e. The molecule has 0 radical (unpaired) electrons. The van der Waals surface area contributed by atoms with Gasteiger partial charge in [0.15, 0.2) is 0 Å². The van der Waals surface area contributed by atoms with E-state index in [4.69, 9.17) is 11.6 Å². The number of amides is 1. The van der Waals surface area contributed by atoms with Crippen molar-refractivity contribution in [1.29, 1.82) is 0 Å². The van der Waals surface area contributed by atoms with E-state index in [1.807, 2.05) is 19.9 Å². The molecule has 0 unspecified atom stereocenters. The summed E-state index contributed by atoms with van der Waals surface area (Å²) in [6, 6.07) is 7.77. The molecule has 0 aliphatic carbocycles. The summed E-state index contributed by atoms with van der Waals surface area (Å²) in [4.78, 5) is 25.9. The summed E-state index contributed by atoms with van der Waals surface area (Å²) in [5.74, 6) is 1.12. The van der Waals surface area contributed by atoms with E-state index in [9.17, 15) is 9.18 Å². The number of carbonyl (C=O) groups excluding carboxylic acids is 1. The van der Waals surface area contributed by atoms with Crippen LogP contribution < -0.4 is 4.90 Å². The van der Waals surface area contributed by atoms with Gasteiger partial charge in [0.05, 0.1) is 16.9 Å². The topological polar surface area (TPSA) is 67.2 Å². The van der Waals surface area contributed by atoms with Gasteiger partial charge in [-0.05, 0) is 45.0 Å². The molecule has 1 saturated heterocycles. The molecule has 9 heteroatoms. The van der Waals surface area contributed by atoms with Crippen LogP contribution in [-0.4, -0.2) is 56.7 Å². The summed E-state index contributed by atoms with van der Waals surface area (Å²) in [6.45, 7) is 8.02. The molecular formula is C21H22ClFN6O. The lowest BCUT2D eigenvalue weighted by Gasteiger charge is -2.35. The average molecular weight is 429 g/mol. The zero-order valence-corrected chi connectivity index (χ0v) is 17.8. The quantitative estimate of drug-likeness (QED) is 0.640. The molecule has 156 valence electrons. The van der Waals surface area contributed by atoms with E-state index in [-0.39, 0.29) is 16.9 Å². The van der Waals surface area contributed by atoms with Crippen molar-refractivity contribution in [3.8, 4) is 5.69 Å². The molecule has 3 aromatic rings. The Balaban J connectivity index is 1.51. The highest BCUT2D eigenvalue weighted by molar-refractivity contribution is 6.33. The molecule has 2 aromatic heterocycles. The zero-order chi connectivity index (χ0) is 21.4. The smallest absolute Gasteiger partial charge is 0.259 e. The minimum absolute atomic E-state index is 0.152. The van der Waals surface area contributed by atoms with Gasteiger partial charge in [0.25, 0.3) is 5.91 Å². The molecule has 7 nitrogen and oxygen atoms in total. The highest BCUT2D eigenvalue weighted by atomic mass is 35.5. The minimum Gasteiger partial charge on any atom is -0.353 e. The summed E-state index contributed by atoms with van der Waals surface area (Å²) in [5, 5.41) is 4.63. The van der Waals surface area contributed by atoms with Crippen molar-refractivity contribution >= 4 is 23.3 Å². The van der Waals surface area contributed by atoms with Crippen molar-refractivity contribution in [2.45, 2.75) is 20.8 Å². The van der Waals surface area contributed by atoms with Crippen molar-refractivity contribution in [2.75, 3.05) is 31.1 Å². The van der Waals surface area contributed by atoms with Crippen LogP contribution in [0.5, 0.6) is 0 Å². The fraction of sp³-hybridized carbons (Fsp3) is 0.333. The highest BCUT2D eigenvalue weighted by Gasteiger charge is 2.28. The Morgan fingerprint density at radius 2 is 1.70 bits per heavy atom. The van der Waals surface area contributed by atoms with E-state index in [1.54, 1.807) is 24.0 Å². The van der Waals surface area contributed by atoms with E-state index >= 15 is 0 Å².